The molecule has 224 valence electrons. The SMILES string of the molecule is CC(=O)NCC(C)CC(OC(C)=O)C1O[C@H]2C[C@H]3[C@@H]4CC=C5CC(OC(C)=O)CC[C@]5(C)[C@H]4CC[C@]3(C)[C@H]2[C@@H]1C. The van der Waals surface area contributed by atoms with Crippen LogP contribution in [0.25, 0.3) is 0 Å². The quantitative estimate of drug-likeness (QED) is 0.324. The Morgan fingerprint density at radius 3 is 2.52 bits per heavy atom. The molecule has 0 aromatic heterocycles. The molecule has 1 saturated heterocycles. The van der Waals surface area contributed by atoms with Crippen molar-refractivity contribution in [3.63, 3.8) is 0 Å². The maximum absolute atomic E-state index is 12.1. The number of nitrogens with one attached hydrogen (secondary N) is 1. The summed E-state index contributed by atoms with van der Waals surface area (Å²) in [7, 11) is 0. The van der Waals surface area contributed by atoms with Crippen LogP contribution in [0.5, 0.6) is 0 Å². The van der Waals surface area contributed by atoms with Crippen molar-refractivity contribution in [3.05, 3.63) is 11.6 Å². The zero-order valence-corrected chi connectivity index (χ0v) is 25.7. The van der Waals surface area contributed by atoms with Crippen molar-refractivity contribution in [2.45, 2.75) is 124 Å². The first-order valence-corrected chi connectivity index (χ1v) is 15.8. The van der Waals surface area contributed by atoms with E-state index in [0.29, 0.717) is 42.6 Å². The number of hydrogen-bond acceptors (Lipinski definition) is 6. The van der Waals surface area contributed by atoms with Crippen LogP contribution < -0.4 is 5.32 Å². The Hall–Kier alpha value is -1.89. The molecule has 4 aliphatic carbocycles. The highest BCUT2D eigenvalue weighted by molar-refractivity contribution is 5.72. The third-order valence-corrected chi connectivity index (χ3v) is 11.9. The van der Waals surface area contributed by atoms with Crippen molar-refractivity contribution in [1.82, 2.24) is 5.32 Å². The summed E-state index contributed by atoms with van der Waals surface area (Å²) in [6.07, 6.45) is 10.6. The molecule has 0 aromatic carbocycles. The van der Waals surface area contributed by atoms with E-state index in [2.05, 4.69) is 39.1 Å². The number of ether oxygens (including phenoxy) is 3. The van der Waals surface area contributed by atoms with Crippen LogP contribution in [0.4, 0.5) is 0 Å². The molecule has 40 heavy (non-hydrogen) atoms. The summed E-state index contributed by atoms with van der Waals surface area (Å²) in [6.45, 7) is 14.5. The van der Waals surface area contributed by atoms with E-state index in [4.69, 9.17) is 14.2 Å². The number of esters is 2. The molecule has 1 aliphatic heterocycles. The van der Waals surface area contributed by atoms with E-state index in [1.54, 1.807) is 0 Å². The molecule has 5 aliphatic rings. The van der Waals surface area contributed by atoms with E-state index in [9.17, 15) is 14.4 Å². The van der Waals surface area contributed by atoms with Crippen molar-refractivity contribution in [2.24, 2.45) is 46.3 Å². The monoisotopic (exact) mass is 557 g/mol. The summed E-state index contributed by atoms with van der Waals surface area (Å²) in [5.41, 5.74) is 1.95. The van der Waals surface area contributed by atoms with Gasteiger partial charge in [0.25, 0.3) is 0 Å². The Labute approximate surface area is 240 Å². The first-order chi connectivity index (χ1) is 18.8. The number of hydrogen-bond donors (Lipinski definition) is 1. The molecule has 1 amide bonds. The second-order valence-corrected chi connectivity index (χ2v) is 14.5. The summed E-state index contributed by atoms with van der Waals surface area (Å²) in [5, 5.41) is 2.90. The van der Waals surface area contributed by atoms with Crippen LogP contribution in [-0.2, 0) is 28.6 Å². The van der Waals surface area contributed by atoms with Gasteiger partial charge in [-0.05, 0) is 91.3 Å². The summed E-state index contributed by atoms with van der Waals surface area (Å²) >= 11 is 0. The van der Waals surface area contributed by atoms with Gasteiger partial charge in [0.05, 0.1) is 12.2 Å². The second kappa shape index (κ2) is 11.1. The number of rotatable bonds is 7. The molecular formula is C33H51NO6. The predicted molar refractivity (Wildman–Crippen MR) is 152 cm³/mol. The largest absolute Gasteiger partial charge is 0.462 e. The van der Waals surface area contributed by atoms with Crippen LogP contribution in [0.1, 0.15) is 99.8 Å². The van der Waals surface area contributed by atoms with Crippen LogP contribution >= 0.6 is 0 Å². The minimum absolute atomic E-state index is 0.0328. The lowest BCUT2D eigenvalue weighted by molar-refractivity contribution is -0.158. The Morgan fingerprint density at radius 2 is 1.85 bits per heavy atom. The topological polar surface area (TPSA) is 90.9 Å². The van der Waals surface area contributed by atoms with Crippen LogP contribution in [0.3, 0.4) is 0 Å². The molecule has 12 atom stereocenters. The Bertz CT molecular complexity index is 1040. The molecule has 1 heterocycles. The van der Waals surface area contributed by atoms with E-state index < -0.39 is 0 Å². The molecule has 7 nitrogen and oxygen atoms in total. The molecule has 0 spiro atoms. The number of carbonyl (C=O) groups is 3. The molecule has 5 rings (SSSR count). The van der Waals surface area contributed by atoms with Crippen LogP contribution in [-0.4, -0.2) is 48.8 Å². The molecule has 7 heteroatoms. The Balaban J connectivity index is 1.31. The number of fused-ring (bicyclic) bond motifs is 7. The van der Waals surface area contributed by atoms with Crippen molar-refractivity contribution in [3.8, 4) is 0 Å². The molecular weight excluding hydrogens is 506 g/mol. The van der Waals surface area contributed by atoms with Crippen molar-refractivity contribution < 1.29 is 28.6 Å². The molecule has 4 fully saturated rings. The van der Waals surface area contributed by atoms with Gasteiger partial charge in [-0.15, -0.1) is 0 Å². The lowest BCUT2D eigenvalue weighted by Gasteiger charge is -2.58. The second-order valence-electron chi connectivity index (χ2n) is 14.5. The standard InChI is InChI=1S/C33H51NO6/c1-18(17-34-20(3)35)14-29(39-22(5)37)31-19(2)30-28(40-31)16-27-25-9-8-23-15-24(38-21(4)36)10-12-32(23,6)26(25)11-13-33(27,30)7/h8,18-19,24-31H,9-17H2,1-7H3,(H,34,35)/t18?,19-,24?,25+,26-,27-,28-,29?,30-,31?,32-,33-/m0/s1. The van der Waals surface area contributed by atoms with E-state index in [0.717, 1.165) is 32.1 Å². The molecule has 0 bridgehead atoms. The third kappa shape index (κ3) is 5.25. The van der Waals surface area contributed by atoms with Gasteiger partial charge in [0.2, 0.25) is 5.91 Å². The van der Waals surface area contributed by atoms with E-state index in [1.165, 1.54) is 39.2 Å². The first kappa shape index (κ1) is 29.6. The van der Waals surface area contributed by atoms with Gasteiger partial charge in [-0.25, -0.2) is 0 Å². The number of allylic oxidation sites excluding steroid dienone is 1. The van der Waals surface area contributed by atoms with Crippen molar-refractivity contribution in [1.29, 1.82) is 0 Å². The van der Waals surface area contributed by atoms with E-state index >= 15 is 0 Å². The summed E-state index contributed by atoms with van der Waals surface area (Å²) in [5.74, 6) is 2.45. The zero-order valence-electron chi connectivity index (χ0n) is 25.7. The fourth-order valence-electron chi connectivity index (χ4n) is 10.3. The summed E-state index contributed by atoms with van der Waals surface area (Å²) in [6, 6.07) is 0. The van der Waals surface area contributed by atoms with Crippen molar-refractivity contribution in [2.75, 3.05) is 6.54 Å². The van der Waals surface area contributed by atoms with Gasteiger partial charge in [-0.2, -0.15) is 0 Å². The highest BCUT2D eigenvalue weighted by Gasteiger charge is 2.65. The Kier molecular flexibility index (Phi) is 8.19. The lowest BCUT2D eigenvalue weighted by Crippen LogP contribution is -2.51. The number of amides is 1. The Morgan fingerprint density at radius 1 is 1.10 bits per heavy atom. The van der Waals surface area contributed by atoms with Gasteiger partial charge in [-0.3, -0.25) is 14.4 Å². The molecule has 4 unspecified atom stereocenters. The van der Waals surface area contributed by atoms with Gasteiger partial charge in [0.1, 0.15) is 12.2 Å². The smallest absolute Gasteiger partial charge is 0.302 e. The van der Waals surface area contributed by atoms with Crippen LogP contribution in [0.15, 0.2) is 11.6 Å². The average molecular weight is 558 g/mol. The first-order valence-electron chi connectivity index (χ1n) is 15.8. The van der Waals surface area contributed by atoms with Crippen LogP contribution in [0, 0.1) is 46.3 Å². The molecule has 0 radical (unpaired) electrons. The lowest BCUT2D eigenvalue weighted by atomic mass is 9.47. The van der Waals surface area contributed by atoms with E-state index in [1.807, 2.05) is 0 Å². The summed E-state index contributed by atoms with van der Waals surface area (Å²) < 4.78 is 18.4. The highest BCUT2D eigenvalue weighted by Crippen LogP contribution is 2.69. The zero-order chi connectivity index (χ0) is 29.0. The van der Waals surface area contributed by atoms with Crippen molar-refractivity contribution >= 4 is 17.8 Å². The van der Waals surface area contributed by atoms with Gasteiger partial charge in [0, 0.05) is 33.7 Å². The molecule has 0 aromatic rings. The van der Waals surface area contributed by atoms with Gasteiger partial charge in [-0.1, -0.05) is 39.3 Å². The number of carbonyl (C=O) groups excluding carboxylic acids is 3. The predicted octanol–water partition coefficient (Wildman–Crippen LogP) is 5.60. The maximum Gasteiger partial charge on any atom is 0.302 e. The highest BCUT2D eigenvalue weighted by atomic mass is 16.6. The average Bonchev–Trinajstić information content (AvgIpc) is 3.35. The van der Waals surface area contributed by atoms with Gasteiger partial charge in [0.15, 0.2) is 0 Å². The van der Waals surface area contributed by atoms with E-state index in [-0.39, 0.29) is 59.0 Å². The van der Waals surface area contributed by atoms with Gasteiger partial charge < -0.3 is 19.5 Å². The normalized spacial score (nSPS) is 43.2. The summed E-state index contributed by atoms with van der Waals surface area (Å²) in [4.78, 5) is 35.1. The third-order valence-electron chi connectivity index (χ3n) is 11.9. The maximum atomic E-state index is 12.1. The minimum Gasteiger partial charge on any atom is -0.462 e. The fourth-order valence-corrected chi connectivity index (χ4v) is 10.3. The fraction of sp³-hybridized carbons (Fsp3) is 0.848. The molecule has 1 N–H and O–H groups in total. The minimum atomic E-state index is -0.299. The molecule has 3 saturated carbocycles. The van der Waals surface area contributed by atoms with Crippen LogP contribution in [0.2, 0.25) is 0 Å². The van der Waals surface area contributed by atoms with Gasteiger partial charge >= 0.3 is 11.9 Å².